The highest BCUT2D eigenvalue weighted by molar-refractivity contribution is 5.96. The van der Waals surface area contributed by atoms with Crippen molar-refractivity contribution in [1.29, 1.82) is 0 Å². The van der Waals surface area contributed by atoms with Crippen LogP contribution in [0.15, 0.2) is 54.6 Å². The summed E-state index contributed by atoms with van der Waals surface area (Å²) in [6.45, 7) is 5.37. The van der Waals surface area contributed by atoms with Gasteiger partial charge in [-0.3, -0.25) is 14.9 Å². The Labute approximate surface area is 151 Å². The van der Waals surface area contributed by atoms with Crippen LogP contribution in [0.1, 0.15) is 47.1 Å². The SMILES string of the molecule is CC(=O)c1c(C)nn(-c2ccc([N+](=O)[O-])cc2)c1C(C)c1ccccc1. The smallest absolute Gasteiger partial charge is 0.269 e. The molecule has 0 spiro atoms. The number of rotatable bonds is 5. The number of carbonyl (C=O) groups is 1. The Kier molecular flexibility index (Phi) is 4.67. The van der Waals surface area contributed by atoms with Crippen LogP contribution < -0.4 is 0 Å². The Bertz CT molecular complexity index is 960. The summed E-state index contributed by atoms with van der Waals surface area (Å²) in [6.07, 6.45) is 0. The molecule has 0 aliphatic carbocycles. The number of nitro groups is 1. The van der Waals surface area contributed by atoms with Crippen molar-refractivity contribution >= 4 is 11.5 Å². The Hall–Kier alpha value is -3.28. The molecule has 0 aliphatic heterocycles. The number of nitro benzene ring substituents is 1. The molecule has 0 saturated carbocycles. The lowest BCUT2D eigenvalue weighted by atomic mass is 9.93. The fourth-order valence-corrected chi connectivity index (χ4v) is 3.19. The maximum Gasteiger partial charge on any atom is 0.269 e. The summed E-state index contributed by atoms with van der Waals surface area (Å²) in [4.78, 5) is 22.7. The van der Waals surface area contributed by atoms with Crippen molar-refractivity contribution in [3.63, 3.8) is 0 Å². The van der Waals surface area contributed by atoms with Gasteiger partial charge in [0.1, 0.15) is 0 Å². The van der Waals surface area contributed by atoms with Crippen LogP contribution in [-0.2, 0) is 0 Å². The fraction of sp³-hybridized carbons (Fsp3) is 0.200. The van der Waals surface area contributed by atoms with Gasteiger partial charge in [0.2, 0.25) is 0 Å². The third kappa shape index (κ3) is 3.13. The zero-order chi connectivity index (χ0) is 18.8. The molecule has 1 unspecified atom stereocenters. The third-order valence-corrected chi connectivity index (χ3v) is 4.46. The Morgan fingerprint density at radius 3 is 2.27 bits per heavy atom. The number of Topliss-reactive ketones (excluding diaryl/α,β-unsaturated/α-hetero) is 1. The van der Waals surface area contributed by atoms with Gasteiger partial charge in [0.05, 0.1) is 27.6 Å². The lowest BCUT2D eigenvalue weighted by Gasteiger charge is -2.16. The summed E-state index contributed by atoms with van der Waals surface area (Å²) in [7, 11) is 0. The van der Waals surface area contributed by atoms with Crippen LogP contribution in [0, 0.1) is 17.0 Å². The van der Waals surface area contributed by atoms with E-state index in [0.717, 1.165) is 11.3 Å². The van der Waals surface area contributed by atoms with E-state index in [-0.39, 0.29) is 17.4 Å². The normalized spacial score (nSPS) is 12.0. The van der Waals surface area contributed by atoms with Crippen molar-refractivity contribution in [2.45, 2.75) is 26.7 Å². The van der Waals surface area contributed by atoms with E-state index in [2.05, 4.69) is 5.10 Å². The first-order valence-corrected chi connectivity index (χ1v) is 8.30. The predicted octanol–water partition coefficient (Wildman–Crippen LogP) is 4.44. The molecule has 132 valence electrons. The number of nitrogens with zero attached hydrogens (tertiary/aromatic N) is 3. The van der Waals surface area contributed by atoms with E-state index in [1.807, 2.05) is 37.3 Å². The number of aryl methyl sites for hydroxylation is 1. The van der Waals surface area contributed by atoms with Crippen LogP contribution in [0.4, 0.5) is 5.69 Å². The molecule has 3 aromatic rings. The Balaban J connectivity index is 2.18. The molecule has 0 fully saturated rings. The summed E-state index contributed by atoms with van der Waals surface area (Å²) in [6, 6.07) is 16.1. The van der Waals surface area contributed by atoms with Crippen LogP contribution in [0.5, 0.6) is 0 Å². The van der Waals surface area contributed by atoms with Crippen LogP contribution in [0.25, 0.3) is 5.69 Å². The van der Waals surface area contributed by atoms with E-state index in [1.165, 1.54) is 19.1 Å². The molecule has 6 heteroatoms. The minimum atomic E-state index is -0.438. The minimum Gasteiger partial charge on any atom is -0.294 e. The van der Waals surface area contributed by atoms with Crippen LogP contribution >= 0.6 is 0 Å². The third-order valence-electron chi connectivity index (χ3n) is 4.46. The van der Waals surface area contributed by atoms with Gasteiger partial charge in [-0.1, -0.05) is 37.3 Å². The maximum atomic E-state index is 12.3. The molecule has 0 saturated heterocycles. The van der Waals surface area contributed by atoms with Gasteiger partial charge >= 0.3 is 0 Å². The van der Waals surface area contributed by atoms with Gasteiger partial charge in [0.15, 0.2) is 5.78 Å². The average molecular weight is 349 g/mol. The highest BCUT2D eigenvalue weighted by Gasteiger charge is 2.25. The van der Waals surface area contributed by atoms with E-state index in [9.17, 15) is 14.9 Å². The number of hydrogen-bond donors (Lipinski definition) is 0. The first kappa shape index (κ1) is 17.5. The molecule has 1 aromatic heterocycles. The number of aromatic nitrogens is 2. The molecule has 0 aliphatic rings. The Morgan fingerprint density at radius 2 is 1.73 bits per heavy atom. The molecular formula is C20H19N3O3. The second-order valence-electron chi connectivity index (χ2n) is 6.22. The zero-order valence-corrected chi connectivity index (χ0v) is 14.8. The molecule has 1 atom stereocenters. The minimum absolute atomic E-state index is 0.0158. The molecule has 6 nitrogen and oxygen atoms in total. The molecule has 0 amide bonds. The van der Waals surface area contributed by atoms with E-state index in [1.54, 1.807) is 23.7 Å². The number of benzene rings is 2. The average Bonchev–Trinajstić information content (AvgIpc) is 2.99. The number of carbonyl (C=O) groups excluding carboxylic acids is 1. The van der Waals surface area contributed by atoms with Crippen molar-refractivity contribution in [1.82, 2.24) is 9.78 Å². The first-order valence-electron chi connectivity index (χ1n) is 8.30. The Morgan fingerprint density at radius 1 is 1.12 bits per heavy atom. The largest absolute Gasteiger partial charge is 0.294 e. The quantitative estimate of drug-likeness (QED) is 0.387. The molecule has 2 aromatic carbocycles. The lowest BCUT2D eigenvalue weighted by molar-refractivity contribution is -0.384. The van der Waals surface area contributed by atoms with Gasteiger partial charge in [0.25, 0.3) is 5.69 Å². The summed E-state index contributed by atoms with van der Waals surface area (Å²) in [5.41, 5.74) is 3.80. The van der Waals surface area contributed by atoms with Gasteiger partial charge in [-0.2, -0.15) is 5.10 Å². The van der Waals surface area contributed by atoms with E-state index < -0.39 is 4.92 Å². The van der Waals surface area contributed by atoms with E-state index in [0.29, 0.717) is 16.9 Å². The molecule has 0 bridgehead atoms. The molecule has 1 heterocycles. The van der Waals surface area contributed by atoms with Crippen molar-refractivity contribution < 1.29 is 9.72 Å². The van der Waals surface area contributed by atoms with Crippen molar-refractivity contribution in [3.8, 4) is 5.69 Å². The molecule has 26 heavy (non-hydrogen) atoms. The number of hydrogen-bond acceptors (Lipinski definition) is 4. The van der Waals surface area contributed by atoms with Gasteiger partial charge in [-0.25, -0.2) is 4.68 Å². The van der Waals surface area contributed by atoms with Gasteiger partial charge in [-0.15, -0.1) is 0 Å². The van der Waals surface area contributed by atoms with E-state index >= 15 is 0 Å². The molecular weight excluding hydrogens is 330 g/mol. The predicted molar refractivity (Wildman–Crippen MR) is 98.9 cm³/mol. The lowest BCUT2D eigenvalue weighted by Crippen LogP contribution is -2.10. The van der Waals surface area contributed by atoms with Crippen molar-refractivity contribution in [2.75, 3.05) is 0 Å². The topological polar surface area (TPSA) is 78.0 Å². The second kappa shape index (κ2) is 6.92. The summed E-state index contributed by atoms with van der Waals surface area (Å²) < 4.78 is 1.72. The van der Waals surface area contributed by atoms with Crippen molar-refractivity contribution in [3.05, 3.63) is 87.2 Å². The van der Waals surface area contributed by atoms with Gasteiger partial charge in [0, 0.05) is 18.1 Å². The molecule has 0 radical (unpaired) electrons. The van der Waals surface area contributed by atoms with Crippen molar-refractivity contribution in [2.24, 2.45) is 0 Å². The highest BCUT2D eigenvalue weighted by atomic mass is 16.6. The van der Waals surface area contributed by atoms with Crippen LogP contribution in [0.3, 0.4) is 0 Å². The molecule has 3 rings (SSSR count). The van der Waals surface area contributed by atoms with Crippen LogP contribution in [-0.4, -0.2) is 20.5 Å². The standard InChI is InChI=1S/C20H19N3O3/c1-13(16-7-5-4-6-8-16)20-19(15(3)24)14(2)21-22(20)17-9-11-18(12-10-17)23(25)26/h4-13H,1-3H3. The maximum absolute atomic E-state index is 12.3. The molecule has 0 N–H and O–H groups in total. The first-order chi connectivity index (χ1) is 12.4. The summed E-state index contributed by atoms with van der Waals surface area (Å²) in [5.74, 6) is -0.111. The monoisotopic (exact) mass is 349 g/mol. The fourth-order valence-electron chi connectivity index (χ4n) is 3.19. The summed E-state index contributed by atoms with van der Waals surface area (Å²) in [5, 5.41) is 15.4. The number of non-ortho nitro benzene ring substituents is 1. The summed E-state index contributed by atoms with van der Waals surface area (Å²) >= 11 is 0. The van der Waals surface area contributed by atoms with Crippen LogP contribution in [0.2, 0.25) is 0 Å². The zero-order valence-electron chi connectivity index (χ0n) is 14.8. The van der Waals surface area contributed by atoms with Gasteiger partial charge < -0.3 is 0 Å². The number of ketones is 1. The highest BCUT2D eigenvalue weighted by Crippen LogP contribution is 2.31. The van der Waals surface area contributed by atoms with Gasteiger partial charge in [-0.05, 0) is 31.5 Å². The van der Waals surface area contributed by atoms with E-state index in [4.69, 9.17) is 0 Å². The second-order valence-corrected chi connectivity index (χ2v) is 6.22.